The van der Waals surface area contributed by atoms with Crippen LogP contribution in [-0.2, 0) is 4.74 Å². The summed E-state index contributed by atoms with van der Waals surface area (Å²) >= 11 is 0. The summed E-state index contributed by atoms with van der Waals surface area (Å²) < 4.78 is 5.02. The smallest absolute Gasteiger partial charge is 0.210 e. The van der Waals surface area contributed by atoms with Crippen LogP contribution in [0.2, 0.25) is 0 Å². The van der Waals surface area contributed by atoms with Gasteiger partial charge in [-0.1, -0.05) is 35.5 Å². The Morgan fingerprint density at radius 2 is 2.06 bits per heavy atom. The Bertz CT molecular complexity index is 373. The lowest BCUT2D eigenvalue weighted by Gasteiger charge is -2.09. The van der Waals surface area contributed by atoms with E-state index >= 15 is 0 Å². The van der Waals surface area contributed by atoms with Crippen LogP contribution < -0.4 is 0 Å². The topological polar surface area (TPSA) is 58.9 Å². The van der Waals surface area contributed by atoms with E-state index in [4.69, 9.17) is 9.94 Å². The fraction of sp³-hybridized carbons (Fsp3) is 0.333. The highest BCUT2D eigenvalue weighted by atomic mass is 16.5. The number of benzene rings is 1. The summed E-state index contributed by atoms with van der Waals surface area (Å²) in [6, 6.07) is 8.73. The lowest BCUT2D eigenvalue weighted by Crippen LogP contribution is -2.20. The molecule has 0 spiro atoms. The zero-order valence-electron chi connectivity index (χ0n) is 9.38. The minimum atomic E-state index is -0.271. The molecule has 0 fully saturated rings. The zero-order chi connectivity index (χ0) is 12.0. The van der Waals surface area contributed by atoms with Gasteiger partial charge >= 0.3 is 0 Å². The number of rotatable bonds is 5. The van der Waals surface area contributed by atoms with Crippen LogP contribution in [0.25, 0.3) is 0 Å². The fourth-order valence-corrected chi connectivity index (χ4v) is 1.29. The van der Waals surface area contributed by atoms with Crippen molar-refractivity contribution in [2.45, 2.75) is 19.4 Å². The molecular weight excluding hydrogens is 206 g/mol. The van der Waals surface area contributed by atoms with Crippen molar-refractivity contribution in [3.8, 4) is 0 Å². The molecule has 1 unspecified atom stereocenters. The van der Waals surface area contributed by atoms with Gasteiger partial charge in [-0.15, -0.1) is 0 Å². The minimum absolute atomic E-state index is 0.112. The number of ether oxygens (including phenoxy) is 1. The average molecular weight is 221 g/mol. The van der Waals surface area contributed by atoms with Gasteiger partial charge in [-0.25, -0.2) is 0 Å². The zero-order valence-corrected chi connectivity index (χ0v) is 9.38. The summed E-state index contributed by atoms with van der Waals surface area (Å²) in [6.45, 7) is 1.81. The molecule has 0 bridgehead atoms. The Kier molecular flexibility index (Phi) is 4.66. The molecule has 16 heavy (non-hydrogen) atoms. The number of Topliss-reactive ketones (excluding diaryl/α,β-unsaturated/α-hetero) is 1. The monoisotopic (exact) mass is 221 g/mol. The van der Waals surface area contributed by atoms with Gasteiger partial charge in [0.1, 0.15) is 5.71 Å². The molecule has 86 valence electrons. The highest BCUT2D eigenvalue weighted by Gasteiger charge is 2.17. The van der Waals surface area contributed by atoms with Crippen molar-refractivity contribution in [3.63, 3.8) is 0 Å². The third-order valence-corrected chi connectivity index (χ3v) is 2.30. The fourth-order valence-electron chi connectivity index (χ4n) is 1.29. The van der Waals surface area contributed by atoms with E-state index in [2.05, 4.69) is 5.16 Å². The van der Waals surface area contributed by atoms with Gasteiger partial charge in [0.25, 0.3) is 0 Å². The second kappa shape index (κ2) is 6.02. The molecule has 1 rings (SSSR count). The van der Waals surface area contributed by atoms with Gasteiger partial charge in [-0.2, -0.15) is 0 Å². The molecule has 0 aromatic heterocycles. The predicted octanol–water partition coefficient (Wildman–Crippen LogP) is 2.12. The summed E-state index contributed by atoms with van der Waals surface area (Å²) in [4.78, 5) is 11.9. The van der Waals surface area contributed by atoms with Crippen LogP contribution in [0.5, 0.6) is 0 Å². The maximum Gasteiger partial charge on any atom is 0.210 e. The van der Waals surface area contributed by atoms with Gasteiger partial charge in [0.05, 0.1) is 6.10 Å². The van der Waals surface area contributed by atoms with Crippen LogP contribution in [0.1, 0.15) is 23.7 Å². The van der Waals surface area contributed by atoms with Crippen LogP contribution in [0.3, 0.4) is 0 Å². The van der Waals surface area contributed by atoms with Gasteiger partial charge in [0.15, 0.2) is 0 Å². The number of methoxy groups -OCH3 is 1. The average Bonchev–Trinajstić information content (AvgIpc) is 2.35. The number of nitrogens with zero attached hydrogens (tertiary/aromatic N) is 1. The third-order valence-electron chi connectivity index (χ3n) is 2.30. The largest absolute Gasteiger partial charge is 0.411 e. The van der Waals surface area contributed by atoms with Gasteiger partial charge in [-0.3, -0.25) is 4.79 Å². The van der Waals surface area contributed by atoms with Crippen molar-refractivity contribution >= 4 is 11.5 Å². The molecule has 1 aromatic rings. The van der Waals surface area contributed by atoms with Gasteiger partial charge < -0.3 is 9.94 Å². The minimum Gasteiger partial charge on any atom is -0.411 e. The molecule has 0 saturated carbocycles. The van der Waals surface area contributed by atoms with Gasteiger partial charge in [0.2, 0.25) is 5.78 Å². The Labute approximate surface area is 94.5 Å². The lowest BCUT2D eigenvalue weighted by atomic mass is 10.0. The van der Waals surface area contributed by atoms with E-state index in [1.165, 1.54) is 0 Å². The van der Waals surface area contributed by atoms with E-state index in [1.807, 2.05) is 13.0 Å². The molecular formula is C12H15NO3. The Morgan fingerprint density at radius 3 is 2.56 bits per heavy atom. The van der Waals surface area contributed by atoms with Crippen molar-refractivity contribution in [3.05, 3.63) is 35.9 Å². The SMILES string of the molecule is COC(C)CC(=NO)C(=O)c1ccccc1. The van der Waals surface area contributed by atoms with E-state index in [9.17, 15) is 4.79 Å². The Balaban J connectivity index is 2.79. The first-order valence-corrected chi connectivity index (χ1v) is 5.02. The number of carbonyl (C=O) groups is 1. The molecule has 1 aromatic carbocycles. The van der Waals surface area contributed by atoms with Crippen molar-refractivity contribution in [1.82, 2.24) is 0 Å². The molecule has 0 radical (unpaired) electrons. The molecule has 0 aliphatic rings. The third kappa shape index (κ3) is 3.17. The maximum absolute atomic E-state index is 11.9. The van der Waals surface area contributed by atoms with E-state index in [0.29, 0.717) is 12.0 Å². The van der Waals surface area contributed by atoms with E-state index in [-0.39, 0.29) is 17.6 Å². The van der Waals surface area contributed by atoms with Crippen LogP contribution >= 0.6 is 0 Å². The summed E-state index contributed by atoms with van der Waals surface area (Å²) in [7, 11) is 1.55. The second-order valence-corrected chi connectivity index (χ2v) is 3.49. The first-order chi connectivity index (χ1) is 7.69. The van der Waals surface area contributed by atoms with Crippen molar-refractivity contribution in [1.29, 1.82) is 0 Å². The standard InChI is InChI=1S/C12H15NO3/c1-9(16-2)8-11(13-15)12(14)10-6-4-3-5-7-10/h3-7,9,15H,8H2,1-2H3. The van der Waals surface area contributed by atoms with Crippen molar-refractivity contribution in [2.75, 3.05) is 7.11 Å². The molecule has 4 nitrogen and oxygen atoms in total. The predicted molar refractivity (Wildman–Crippen MR) is 61.1 cm³/mol. The van der Waals surface area contributed by atoms with Crippen LogP contribution in [-0.4, -0.2) is 29.9 Å². The number of hydrogen-bond donors (Lipinski definition) is 1. The Morgan fingerprint density at radius 1 is 1.44 bits per heavy atom. The lowest BCUT2D eigenvalue weighted by molar-refractivity contribution is 0.103. The summed E-state index contributed by atoms with van der Waals surface area (Å²) in [5.74, 6) is -0.271. The molecule has 0 amide bonds. The van der Waals surface area contributed by atoms with E-state index in [0.717, 1.165) is 0 Å². The molecule has 1 N–H and O–H groups in total. The first-order valence-electron chi connectivity index (χ1n) is 5.02. The number of carbonyl (C=O) groups excluding carboxylic acids is 1. The maximum atomic E-state index is 11.9. The van der Waals surface area contributed by atoms with Crippen molar-refractivity contribution in [2.24, 2.45) is 5.16 Å². The van der Waals surface area contributed by atoms with E-state index in [1.54, 1.807) is 31.4 Å². The molecule has 0 aliphatic carbocycles. The number of hydrogen-bond acceptors (Lipinski definition) is 4. The van der Waals surface area contributed by atoms with Gasteiger partial charge in [-0.05, 0) is 6.92 Å². The molecule has 0 heterocycles. The highest BCUT2D eigenvalue weighted by Crippen LogP contribution is 2.06. The molecule has 1 atom stereocenters. The molecule has 4 heteroatoms. The molecule has 0 saturated heterocycles. The number of oxime groups is 1. The van der Waals surface area contributed by atoms with Crippen LogP contribution in [0.15, 0.2) is 35.5 Å². The quantitative estimate of drug-likeness (QED) is 0.358. The molecule has 0 aliphatic heterocycles. The first kappa shape index (κ1) is 12.4. The Hall–Kier alpha value is -1.68. The summed E-state index contributed by atoms with van der Waals surface area (Å²) in [5, 5.41) is 11.9. The van der Waals surface area contributed by atoms with Crippen molar-refractivity contribution < 1.29 is 14.7 Å². The summed E-state index contributed by atoms with van der Waals surface area (Å²) in [5.41, 5.74) is 0.624. The number of ketones is 1. The highest BCUT2D eigenvalue weighted by molar-refractivity contribution is 6.45. The van der Waals surface area contributed by atoms with E-state index < -0.39 is 0 Å². The van der Waals surface area contributed by atoms with Gasteiger partial charge in [0, 0.05) is 19.1 Å². The second-order valence-electron chi connectivity index (χ2n) is 3.49. The van der Waals surface area contributed by atoms with Crippen LogP contribution in [0, 0.1) is 0 Å². The summed E-state index contributed by atoms with van der Waals surface area (Å²) in [6.07, 6.45) is 0.138. The normalized spacial score (nSPS) is 13.5. The van der Waals surface area contributed by atoms with Crippen LogP contribution in [0.4, 0.5) is 0 Å².